The molecule has 0 saturated heterocycles. The molecule has 86 valence electrons. The van der Waals surface area contributed by atoms with Gasteiger partial charge in [0.1, 0.15) is 0 Å². The van der Waals surface area contributed by atoms with Crippen molar-refractivity contribution in [3.63, 3.8) is 0 Å². The SMILES string of the molecule is COC1CC(C2CCC2C2CCC2C)C1. The van der Waals surface area contributed by atoms with E-state index in [4.69, 9.17) is 4.74 Å². The van der Waals surface area contributed by atoms with E-state index >= 15 is 0 Å². The van der Waals surface area contributed by atoms with E-state index < -0.39 is 0 Å². The van der Waals surface area contributed by atoms with E-state index in [9.17, 15) is 0 Å². The summed E-state index contributed by atoms with van der Waals surface area (Å²) in [5, 5.41) is 0. The summed E-state index contributed by atoms with van der Waals surface area (Å²) in [6, 6.07) is 0. The summed E-state index contributed by atoms with van der Waals surface area (Å²) in [6.45, 7) is 2.46. The highest BCUT2D eigenvalue weighted by Crippen LogP contribution is 2.56. The summed E-state index contributed by atoms with van der Waals surface area (Å²) >= 11 is 0. The van der Waals surface area contributed by atoms with E-state index in [-0.39, 0.29) is 0 Å². The normalized spacial score (nSPS) is 54.0. The third kappa shape index (κ3) is 1.54. The molecule has 0 aromatic heterocycles. The molecule has 0 aromatic rings. The maximum absolute atomic E-state index is 5.39. The van der Waals surface area contributed by atoms with Crippen LogP contribution in [0.25, 0.3) is 0 Å². The van der Waals surface area contributed by atoms with E-state index in [0.29, 0.717) is 6.10 Å². The summed E-state index contributed by atoms with van der Waals surface area (Å²) in [5.41, 5.74) is 0. The van der Waals surface area contributed by atoms with Gasteiger partial charge in [-0.1, -0.05) is 13.3 Å². The lowest BCUT2D eigenvalue weighted by Crippen LogP contribution is -2.47. The Morgan fingerprint density at radius 1 is 0.867 bits per heavy atom. The highest BCUT2D eigenvalue weighted by molar-refractivity contribution is 4.98. The molecule has 4 unspecified atom stereocenters. The summed E-state index contributed by atoms with van der Waals surface area (Å²) < 4.78 is 5.39. The minimum atomic E-state index is 0.607. The monoisotopic (exact) mass is 208 g/mol. The zero-order chi connectivity index (χ0) is 10.4. The Labute approximate surface area is 93.6 Å². The molecule has 3 rings (SSSR count). The molecular weight excluding hydrogens is 184 g/mol. The summed E-state index contributed by atoms with van der Waals surface area (Å²) in [4.78, 5) is 0. The fourth-order valence-electron chi connectivity index (χ4n) is 4.15. The van der Waals surface area contributed by atoms with Gasteiger partial charge in [-0.25, -0.2) is 0 Å². The third-order valence-corrected chi connectivity index (χ3v) is 5.69. The van der Waals surface area contributed by atoms with Gasteiger partial charge in [0.2, 0.25) is 0 Å². The Balaban J connectivity index is 1.51. The Kier molecular flexibility index (Phi) is 2.54. The van der Waals surface area contributed by atoms with E-state index in [1.54, 1.807) is 0 Å². The van der Waals surface area contributed by atoms with E-state index in [1.807, 2.05) is 7.11 Å². The molecule has 0 radical (unpaired) electrons. The third-order valence-electron chi connectivity index (χ3n) is 5.69. The first-order valence-electron chi connectivity index (χ1n) is 6.82. The fourth-order valence-corrected chi connectivity index (χ4v) is 4.15. The molecule has 0 spiro atoms. The number of methoxy groups -OCH3 is 1. The zero-order valence-electron chi connectivity index (χ0n) is 10.1. The molecule has 1 heteroatoms. The molecule has 0 amide bonds. The number of rotatable bonds is 3. The van der Waals surface area contributed by atoms with Gasteiger partial charge in [-0.15, -0.1) is 0 Å². The largest absolute Gasteiger partial charge is 0.381 e. The average Bonchev–Trinajstić information content (AvgIpc) is 2.14. The molecule has 4 atom stereocenters. The van der Waals surface area contributed by atoms with Crippen molar-refractivity contribution in [3.8, 4) is 0 Å². The van der Waals surface area contributed by atoms with Gasteiger partial charge in [-0.05, 0) is 61.7 Å². The maximum Gasteiger partial charge on any atom is 0.0576 e. The lowest BCUT2D eigenvalue weighted by Gasteiger charge is -2.54. The van der Waals surface area contributed by atoms with Crippen LogP contribution in [0.5, 0.6) is 0 Å². The van der Waals surface area contributed by atoms with Gasteiger partial charge < -0.3 is 4.74 Å². The van der Waals surface area contributed by atoms with Crippen molar-refractivity contribution in [3.05, 3.63) is 0 Å². The van der Waals surface area contributed by atoms with Gasteiger partial charge in [-0.2, -0.15) is 0 Å². The van der Waals surface area contributed by atoms with Crippen LogP contribution in [0.15, 0.2) is 0 Å². The van der Waals surface area contributed by atoms with E-state index in [0.717, 1.165) is 29.6 Å². The lowest BCUT2D eigenvalue weighted by molar-refractivity contribution is -0.0859. The highest BCUT2D eigenvalue weighted by atomic mass is 16.5. The van der Waals surface area contributed by atoms with Crippen molar-refractivity contribution in [1.29, 1.82) is 0 Å². The standard InChI is InChI=1S/C14H24O/c1-9-3-4-12(9)14-6-5-13(14)10-7-11(8-10)15-2/h9-14H,3-8H2,1-2H3. The Morgan fingerprint density at radius 2 is 1.53 bits per heavy atom. The van der Waals surface area contributed by atoms with E-state index in [1.165, 1.54) is 38.5 Å². The average molecular weight is 208 g/mol. The number of ether oxygens (including phenoxy) is 1. The maximum atomic E-state index is 5.39. The molecule has 3 aliphatic carbocycles. The smallest absolute Gasteiger partial charge is 0.0576 e. The summed E-state index contributed by atoms with van der Waals surface area (Å²) in [7, 11) is 1.87. The van der Waals surface area contributed by atoms with Gasteiger partial charge in [0, 0.05) is 7.11 Å². The summed E-state index contributed by atoms with van der Waals surface area (Å²) in [6.07, 6.45) is 9.41. The van der Waals surface area contributed by atoms with Crippen LogP contribution < -0.4 is 0 Å². The van der Waals surface area contributed by atoms with Crippen LogP contribution in [-0.2, 0) is 4.74 Å². The predicted octanol–water partition coefficient (Wildman–Crippen LogP) is 3.48. The second-order valence-corrected chi connectivity index (χ2v) is 6.21. The summed E-state index contributed by atoms with van der Waals surface area (Å²) in [5.74, 6) is 5.36. The minimum Gasteiger partial charge on any atom is -0.381 e. The van der Waals surface area contributed by atoms with Crippen molar-refractivity contribution in [2.75, 3.05) is 7.11 Å². The second kappa shape index (κ2) is 3.76. The highest BCUT2D eigenvalue weighted by Gasteiger charge is 2.48. The molecular formula is C14H24O. The predicted molar refractivity (Wildman–Crippen MR) is 61.6 cm³/mol. The molecule has 0 heterocycles. The second-order valence-electron chi connectivity index (χ2n) is 6.21. The molecule has 3 aliphatic rings. The van der Waals surface area contributed by atoms with Crippen LogP contribution in [0, 0.1) is 29.6 Å². The van der Waals surface area contributed by atoms with Crippen LogP contribution in [0.2, 0.25) is 0 Å². The number of hydrogen-bond donors (Lipinski definition) is 0. The van der Waals surface area contributed by atoms with Crippen molar-refractivity contribution < 1.29 is 4.74 Å². The molecule has 3 fully saturated rings. The van der Waals surface area contributed by atoms with Crippen molar-refractivity contribution in [2.45, 2.75) is 51.6 Å². The van der Waals surface area contributed by atoms with Crippen LogP contribution in [0.4, 0.5) is 0 Å². The van der Waals surface area contributed by atoms with Gasteiger partial charge in [0.25, 0.3) is 0 Å². The van der Waals surface area contributed by atoms with Crippen LogP contribution >= 0.6 is 0 Å². The first-order valence-corrected chi connectivity index (χ1v) is 6.82. The molecule has 0 aliphatic heterocycles. The van der Waals surface area contributed by atoms with Gasteiger partial charge >= 0.3 is 0 Å². The molecule has 3 saturated carbocycles. The first-order chi connectivity index (χ1) is 7.29. The quantitative estimate of drug-likeness (QED) is 0.690. The first kappa shape index (κ1) is 10.1. The minimum absolute atomic E-state index is 0.607. The number of hydrogen-bond acceptors (Lipinski definition) is 1. The topological polar surface area (TPSA) is 9.23 Å². The Bertz CT molecular complexity index is 231. The van der Waals surface area contributed by atoms with Crippen LogP contribution in [0.1, 0.15) is 45.4 Å². The van der Waals surface area contributed by atoms with Crippen LogP contribution in [-0.4, -0.2) is 13.2 Å². The molecule has 0 N–H and O–H groups in total. The van der Waals surface area contributed by atoms with Gasteiger partial charge in [-0.3, -0.25) is 0 Å². The van der Waals surface area contributed by atoms with Gasteiger partial charge in [0.05, 0.1) is 6.10 Å². The zero-order valence-corrected chi connectivity index (χ0v) is 10.1. The Hall–Kier alpha value is -0.0400. The molecule has 0 bridgehead atoms. The van der Waals surface area contributed by atoms with Crippen molar-refractivity contribution in [1.82, 2.24) is 0 Å². The van der Waals surface area contributed by atoms with Crippen molar-refractivity contribution in [2.24, 2.45) is 29.6 Å². The van der Waals surface area contributed by atoms with E-state index in [2.05, 4.69) is 6.92 Å². The molecule has 15 heavy (non-hydrogen) atoms. The molecule has 1 nitrogen and oxygen atoms in total. The van der Waals surface area contributed by atoms with Crippen LogP contribution in [0.3, 0.4) is 0 Å². The lowest BCUT2D eigenvalue weighted by atomic mass is 9.52. The van der Waals surface area contributed by atoms with Gasteiger partial charge in [0.15, 0.2) is 0 Å². The Morgan fingerprint density at radius 3 is 1.93 bits per heavy atom. The fraction of sp³-hybridized carbons (Fsp3) is 1.00. The van der Waals surface area contributed by atoms with Crippen molar-refractivity contribution >= 4 is 0 Å². The molecule has 0 aromatic carbocycles.